The van der Waals surface area contributed by atoms with E-state index in [9.17, 15) is 20.1 Å². The first-order chi connectivity index (χ1) is 10.3. The number of amides is 1. The molecule has 0 aromatic rings. The molecule has 22 heavy (non-hydrogen) atoms. The molecule has 0 spiro atoms. The minimum absolute atomic E-state index is 0.00825. The summed E-state index contributed by atoms with van der Waals surface area (Å²) in [5, 5.41) is 41.0. The van der Waals surface area contributed by atoms with Gasteiger partial charge in [0.25, 0.3) is 0 Å². The number of hydrogen-bond acceptors (Lipinski definition) is 7. The van der Waals surface area contributed by atoms with Crippen LogP contribution in [0.15, 0.2) is 0 Å². The molecular formula is C14H28N2O6. The zero-order valence-corrected chi connectivity index (χ0v) is 13.1. The maximum absolute atomic E-state index is 12.0. The van der Waals surface area contributed by atoms with Crippen LogP contribution in [0.25, 0.3) is 0 Å². The largest absolute Gasteiger partial charge is 0.394 e. The first-order valence-corrected chi connectivity index (χ1v) is 7.60. The summed E-state index contributed by atoms with van der Waals surface area (Å²) in [6, 6.07) is -1.15. The first kappa shape index (κ1) is 19.3. The smallest absolute Gasteiger partial charge is 0.220 e. The standard InChI is InChI=1S/C14H28N2O6/c1-7(2)3-8(5-15)4-10(18)16-11-13(20)12(19)9(6-17)22-14(11)21/h7-9,11-14,17,19-21H,3-6,15H2,1-2H3,(H,16,18)/t8-,9+,11+,12+,13+,14?/m0/s1. The van der Waals surface area contributed by atoms with Gasteiger partial charge in [0.05, 0.1) is 6.61 Å². The lowest BCUT2D eigenvalue weighted by Crippen LogP contribution is -2.64. The SMILES string of the molecule is CC(C)C[C@H](CN)CC(=O)N[C@H]1C(O)O[C@H](CO)[C@@H](O)[C@@H]1O. The molecule has 1 heterocycles. The molecule has 8 heteroatoms. The topological polar surface area (TPSA) is 145 Å². The summed E-state index contributed by atoms with van der Waals surface area (Å²) in [5.74, 6) is 0.0361. The zero-order valence-electron chi connectivity index (χ0n) is 13.1. The van der Waals surface area contributed by atoms with Crippen molar-refractivity contribution in [2.45, 2.75) is 57.3 Å². The van der Waals surface area contributed by atoms with Gasteiger partial charge < -0.3 is 36.2 Å². The van der Waals surface area contributed by atoms with E-state index in [-0.39, 0.29) is 18.2 Å². The second-order valence-electron chi connectivity index (χ2n) is 6.26. The van der Waals surface area contributed by atoms with Gasteiger partial charge in [-0.25, -0.2) is 0 Å². The summed E-state index contributed by atoms with van der Waals surface area (Å²) >= 11 is 0. The van der Waals surface area contributed by atoms with Gasteiger partial charge in [0.15, 0.2) is 6.29 Å². The fourth-order valence-electron chi connectivity index (χ4n) is 2.69. The van der Waals surface area contributed by atoms with Crippen LogP contribution in [0.3, 0.4) is 0 Å². The average Bonchev–Trinajstić information content (AvgIpc) is 2.46. The molecule has 7 N–H and O–H groups in total. The summed E-state index contributed by atoms with van der Waals surface area (Å²) in [6.07, 6.45) is -4.43. The molecule has 0 bridgehead atoms. The Bertz CT molecular complexity index is 354. The van der Waals surface area contributed by atoms with Crippen molar-refractivity contribution in [3.8, 4) is 0 Å². The van der Waals surface area contributed by atoms with E-state index in [1.54, 1.807) is 0 Å². The number of aliphatic hydroxyl groups is 4. The quantitative estimate of drug-likeness (QED) is 0.315. The number of carbonyl (C=O) groups excluding carboxylic acids is 1. The van der Waals surface area contributed by atoms with Crippen molar-refractivity contribution in [2.75, 3.05) is 13.2 Å². The molecule has 1 saturated heterocycles. The Hall–Kier alpha value is -0.770. The highest BCUT2D eigenvalue weighted by Gasteiger charge is 2.44. The lowest BCUT2D eigenvalue weighted by atomic mass is 9.93. The molecule has 1 aliphatic rings. The molecule has 6 atom stereocenters. The molecule has 0 saturated carbocycles. The molecular weight excluding hydrogens is 292 g/mol. The van der Waals surface area contributed by atoms with Gasteiger partial charge in [-0.05, 0) is 24.8 Å². The van der Waals surface area contributed by atoms with Crippen LogP contribution in [-0.2, 0) is 9.53 Å². The van der Waals surface area contributed by atoms with E-state index < -0.39 is 37.3 Å². The van der Waals surface area contributed by atoms with E-state index in [0.29, 0.717) is 12.5 Å². The van der Waals surface area contributed by atoms with Gasteiger partial charge in [0.1, 0.15) is 24.4 Å². The zero-order chi connectivity index (χ0) is 16.9. The normalized spacial score (nSPS) is 33.7. The van der Waals surface area contributed by atoms with Crippen molar-refractivity contribution in [3.63, 3.8) is 0 Å². The van der Waals surface area contributed by atoms with Gasteiger partial charge >= 0.3 is 0 Å². The minimum atomic E-state index is -1.50. The summed E-state index contributed by atoms with van der Waals surface area (Å²) in [4.78, 5) is 12.0. The predicted octanol–water partition coefficient (Wildman–Crippen LogP) is -2.09. The number of ether oxygens (including phenoxy) is 1. The van der Waals surface area contributed by atoms with E-state index in [0.717, 1.165) is 6.42 Å². The lowest BCUT2D eigenvalue weighted by molar-refractivity contribution is -0.253. The van der Waals surface area contributed by atoms with Gasteiger partial charge in [0, 0.05) is 6.42 Å². The Labute approximate surface area is 130 Å². The maximum Gasteiger partial charge on any atom is 0.220 e. The van der Waals surface area contributed by atoms with Crippen molar-refractivity contribution in [2.24, 2.45) is 17.6 Å². The number of rotatable bonds is 7. The molecule has 1 rings (SSSR count). The number of hydrogen-bond donors (Lipinski definition) is 6. The Morgan fingerprint density at radius 1 is 1.27 bits per heavy atom. The first-order valence-electron chi connectivity index (χ1n) is 7.60. The highest BCUT2D eigenvalue weighted by Crippen LogP contribution is 2.20. The van der Waals surface area contributed by atoms with Crippen molar-refractivity contribution in [1.29, 1.82) is 0 Å². The third kappa shape index (κ3) is 5.15. The van der Waals surface area contributed by atoms with Crippen molar-refractivity contribution < 1.29 is 30.0 Å². The van der Waals surface area contributed by atoms with E-state index >= 15 is 0 Å². The van der Waals surface area contributed by atoms with Crippen LogP contribution in [0, 0.1) is 11.8 Å². The van der Waals surface area contributed by atoms with Crippen LogP contribution in [0.4, 0.5) is 0 Å². The third-order valence-corrected chi connectivity index (χ3v) is 3.84. The third-order valence-electron chi connectivity index (χ3n) is 3.84. The molecule has 130 valence electrons. The summed E-state index contributed by atoms with van der Waals surface area (Å²) < 4.78 is 4.98. The predicted molar refractivity (Wildman–Crippen MR) is 78.5 cm³/mol. The summed E-state index contributed by atoms with van der Waals surface area (Å²) in [7, 11) is 0. The van der Waals surface area contributed by atoms with E-state index in [4.69, 9.17) is 15.6 Å². The lowest BCUT2D eigenvalue weighted by Gasteiger charge is -2.40. The van der Waals surface area contributed by atoms with Gasteiger partial charge in [-0.3, -0.25) is 4.79 Å². The van der Waals surface area contributed by atoms with Gasteiger partial charge in [-0.1, -0.05) is 13.8 Å². The molecule has 0 aliphatic carbocycles. The van der Waals surface area contributed by atoms with Crippen molar-refractivity contribution in [1.82, 2.24) is 5.32 Å². The maximum atomic E-state index is 12.0. The molecule has 0 radical (unpaired) electrons. The number of nitrogens with two attached hydrogens (primary N) is 1. The molecule has 0 aromatic heterocycles. The highest BCUT2D eigenvalue weighted by molar-refractivity contribution is 5.76. The second-order valence-corrected chi connectivity index (χ2v) is 6.26. The van der Waals surface area contributed by atoms with Crippen LogP contribution in [0.1, 0.15) is 26.7 Å². The van der Waals surface area contributed by atoms with Gasteiger partial charge in [-0.15, -0.1) is 0 Å². The Morgan fingerprint density at radius 3 is 2.41 bits per heavy atom. The monoisotopic (exact) mass is 320 g/mol. The summed E-state index contributed by atoms with van der Waals surface area (Å²) in [6.45, 7) is 3.90. The van der Waals surface area contributed by atoms with Crippen LogP contribution in [0.5, 0.6) is 0 Å². The fraction of sp³-hybridized carbons (Fsp3) is 0.929. The van der Waals surface area contributed by atoms with Gasteiger partial charge in [-0.2, -0.15) is 0 Å². The molecule has 1 aliphatic heterocycles. The number of nitrogens with one attached hydrogen (secondary N) is 1. The van der Waals surface area contributed by atoms with Crippen LogP contribution >= 0.6 is 0 Å². The van der Waals surface area contributed by atoms with Crippen molar-refractivity contribution in [3.05, 3.63) is 0 Å². The van der Waals surface area contributed by atoms with E-state index in [1.165, 1.54) is 0 Å². The average molecular weight is 320 g/mol. The van der Waals surface area contributed by atoms with E-state index in [1.807, 2.05) is 13.8 Å². The highest BCUT2D eigenvalue weighted by atomic mass is 16.6. The molecule has 1 unspecified atom stereocenters. The Balaban J connectivity index is 2.59. The summed E-state index contributed by atoms with van der Waals surface area (Å²) in [5.41, 5.74) is 5.64. The Morgan fingerprint density at radius 2 is 1.91 bits per heavy atom. The molecule has 1 amide bonds. The second kappa shape index (κ2) is 8.76. The van der Waals surface area contributed by atoms with Crippen molar-refractivity contribution >= 4 is 5.91 Å². The fourth-order valence-corrected chi connectivity index (χ4v) is 2.69. The van der Waals surface area contributed by atoms with Crippen LogP contribution < -0.4 is 11.1 Å². The molecule has 0 aromatic carbocycles. The Kier molecular flexibility index (Phi) is 7.67. The molecule has 8 nitrogen and oxygen atoms in total. The number of carbonyl (C=O) groups is 1. The van der Waals surface area contributed by atoms with Crippen LogP contribution in [0.2, 0.25) is 0 Å². The minimum Gasteiger partial charge on any atom is -0.394 e. The number of aliphatic hydroxyl groups excluding tert-OH is 4. The van der Waals surface area contributed by atoms with Crippen LogP contribution in [-0.4, -0.2) is 70.1 Å². The van der Waals surface area contributed by atoms with E-state index in [2.05, 4.69) is 5.32 Å². The molecule has 1 fully saturated rings. The van der Waals surface area contributed by atoms with Gasteiger partial charge in [0.2, 0.25) is 5.91 Å².